The number of nitrogens with zero attached hydrogens (tertiary/aromatic N) is 1. The van der Waals surface area contributed by atoms with Crippen LogP contribution in [-0.4, -0.2) is 34.6 Å². The molecular weight excluding hydrogens is 423 g/mol. The number of nitrogens with one attached hydrogen (secondary N) is 1. The van der Waals surface area contributed by atoms with E-state index in [1.165, 1.54) is 11.0 Å². The van der Waals surface area contributed by atoms with Crippen molar-refractivity contribution in [3.63, 3.8) is 0 Å². The summed E-state index contributed by atoms with van der Waals surface area (Å²) in [6.07, 6.45) is 0.937. The third-order valence-corrected chi connectivity index (χ3v) is 5.86. The van der Waals surface area contributed by atoms with E-state index in [-0.39, 0.29) is 36.6 Å². The van der Waals surface area contributed by atoms with Crippen molar-refractivity contribution in [3.05, 3.63) is 64.9 Å². The van der Waals surface area contributed by atoms with Gasteiger partial charge in [0.1, 0.15) is 11.9 Å². The van der Waals surface area contributed by atoms with Crippen LogP contribution in [0.25, 0.3) is 0 Å². The van der Waals surface area contributed by atoms with Gasteiger partial charge in [-0.15, -0.1) is 11.8 Å². The zero-order valence-electron chi connectivity index (χ0n) is 17.5. The van der Waals surface area contributed by atoms with Crippen LogP contribution >= 0.6 is 23.4 Å². The van der Waals surface area contributed by atoms with Gasteiger partial charge in [-0.3, -0.25) is 9.59 Å². The summed E-state index contributed by atoms with van der Waals surface area (Å²) in [5, 5.41) is 3.52. The van der Waals surface area contributed by atoms with Gasteiger partial charge in [0.2, 0.25) is 11.8 Å². The Labute approximate surface area is 187 Å². The van der Waals surface area contributed by atoms with Crippen LogP contribution in [0.15, 0.2) is 53.4 Å². The van der Waals surface area contributed by atoms with Crippen molar-refractivity contribution >= 4 is 35.2 Å². The highest BCUT2D eigenvalue weighted by molar-refractivity contribution is 7.99. The van der Waals surface area contributed by atoms with Crippen LogP contribution in [0.2, 0.25) is 5.02 Å². The molecule has 2 aromatic carbocycles. The minimum absolute atomic E-state index is 0.0406. The Bertz CT molecular complexity index is 845. The lowest BCUT2D eigenvalue weighted by Crippen LogP contribution is -2.49. The molecule has 4 nitrogen and oxygen atoms in total. The normalized spacial score (nSPS) is 11.9. The number of halogens is 2. The first-order valence-corrected chi connectivity index (χ1v) is 11.4. The maximum Gasteiger partial charge on any atom is 0.242 e. The highest BCUT2D eigenvalue weighted by Crippen LogP contribution is 2.22. The maximum atomic E-state index is 14.2. The molecule has 0 unspecified atom stereocenters. The molecule has 0 aliphatic carbocycles. The number of rotatable bonds is 10. The third kappa shape index (κ3) is 7.65. The molecule has 1 atom stereocenters. The number of hydrogen-bond donors (Lipinski definition) is 1. The molecule has 1 N–H and O–H groups in total. The molecule has 7 heteroatoms. The lowest BCUT2D eigenvalue weighted by Gasteiger charge is -2.29. The van der Waals surface area contributed by atoms with Crippen molar-refractivity contribution in [2.75, 3.05) is 5.75 Å². The number of carbonyl (C=O) groups is 2. The van der Waals surface area contributed by atoms with E-state index in [1.54, 1.807) is 36.9 Å². The number of hydrogen-bond acceptors (Lipinski definition) is 3. The van der Waals surface area contributed by atoms with Gasteiger partial charge in [0.25, 0.3) is 0 Å². The molecule has 0 aliphatic heterocycles. The van der Waals surface area contributed by atoms with E-state index in [0.29, 0.717) is 17.0 Å². The standard InChI is InChI=1S/C23H28ClFN2O2S/c1-16(2)26-23(29)17(3)27(15-18-7-4-5-8-21(18)25)22(28)9-6-14-30-20-12-10-19(24)11-13-20/h4-5,7-8,10-13,16-17H,6,9,14-15H2,1-3H3,(H,26,29)/t17-/m1/s1. The molecule has 0 saturated heterocycles. The molecule has 0 fully saturated rings. The van der Waals surface area contributed by atoms with Crippen LogP contribution in [-0.2, 0) is 16.1 Å². The van der Waals surface area contributed by atoms with E-state index in [4.69, 9.17) is 11.6 Å². The Hall–Kier alpha value is -2.05. The van der Waals surface area contributed by atoms with E-state index in [1.807, 2.05) is 38.1 Å². The topological polar surface area (TPSA) is 49.4 Å². The molecule has 2 amide bonds. The van der Waals surface area contributed by atoms with Gasteiger partial charge in [0.05, 0.1) is 0 Å². The Morgan fingerprint density at radius 2 is 1.77 bits per heavy atom. The Morgan fingerprint density at radius 1 is 1.10 bits per heavy atom. The largest absolute Gasteiger partial charge is 0.352 e. The lowest BCUT2D eigenvalue weighted by molar-refractivity contribution is -0.140. The molecular formula is C23H28ClFN2O2S. The fourth-order valence-electron chi connectivity index (χ4n) is 2.89. The van der Waals surface area contributed by atoms with Gasteiger partial charge in [-0.05, 0) is 63.3 Å². The quantitative estimate of drug-likeness (QED) is 0.395. The van der Waals surface area contributed by atoms with Gasteiger partial charge < -0.3 is 10.2 Å². The van der Waals surface area contributed by atoms with E-state index in [9.17, 15) is 14.0 Å². The minimum atomic E-state index is -0.691. The summed E-state index contributed by atoms with van der Waals surface area (Å²) in [5.74, 6) is -0.0373. The van der Waals surface area contributed by atoms with E-state index in [2.05, 4.69) is 5.32 Å². The molecule has 162 valence electrons. The van der Waals surface area contributed by atoms with Gasteiger partial charge in [-0.1, -0.05) is 29.8 Å². The first-order valence-electron chi connectivity index (χ1n) is 9.99. The third-order valence-electron chi connectivity index (χ3n) is 4.51. The summed E-state index contributed by atoms with van der Waals surface area (Å²) in [6, 6.07) is 13.1. The minimum Gasteiger partial charge on any atom is -0.352 e. The monoisotopic (exact) mass is 450 g/mol. The SMILES string of the molecule is CC(C)NC(=O)[C@@H](C)N(Cc1ccccc1F)C(=O)CCCSc1ccc(Cl)cc1. The van der Waals surface area contributed by atoms with Crippen molar-refractivity contribution in [1.29, 1.82) is 0 Å². The van der Waals surface area contributed by atoms with E-state index in [0.717, 1.165) is 10.6 Å². The molecule has 2 aromatic rings. The first-order chi connectivity index (χ1) is 14.3. The zero-order chi connectivity index (χ0) is 22.1. The Morgan fingerprint density at radius 3 is 2.40 bits per heavy atom. The summed E-state index contributed by atoms with van der Waals surface area (Å²) >= 11 is 7.54. The van der Waals surface area contributed by atoms with E-state index >= 15 is 0 Å². The summed E-state index contributed by atoms with van der Waals surface area (Å²) in [6.45, 7) is 5.46. The maximum absolute atomic E-state index is 14.2. The number of carbonyl (C=O) groups excluding carboxylic acids is 2. The second kappa shape index (κ2) is 12.0. The summed E-state index contributed by atoms with van der Waals surface area (Å²) in [7, 11) is 0. The molecule has 0 bridgehead atoms. The average molecular weight is 451 g/mol. The van der Waals surface area contributed by atoms with Crippen LogP contribution in [0.1, 0.15) is 39.2 Å². The molecule has 0 spiro atoms. The zero-order valence-corrected chi connectivity index (χ0v) is 19.1. The predicted molar refractivity (Wildman–Crippen MR) is 121 cm³/mol. The van der Waals surface area contributed by atoms with Crippen LogP contribution in [0.4, 0.5) is 4.39 Å². The van der Waals surface area contributed by atoms with Gasteiger partial charge in [0, 0.05) is 34.5 Å². The van der Waals surface area contributed by atoms with Crippen molar-refractivity contribution in [3.8, 4) is 0 Å². The van der Waals surface area contributed by atoms with Crippen molar-refractivity contribution in [2.24, 2.45) is 0 Å². The second-order valence-electron chi connectivity index (χ2n) is 7.36. The summed E-state index contributed by atoms with van der Waals surface area (Å²) in [4.78, 5) is 28.0. The fourth-order valence-corrected chi connectivity index (χ4v) is 3.86. The second-order valence-corrected chi connectivity index (χ2v) is 8.96. The van der Waals surface area contributed by atoms with Crippen LogP contribution in [0, 0.1) is 5.82 Å². The predicted octanol–water partition coefficient (Wildman–Crippen LogP) is 5.29. The first kappa shape index (κ1) is 24.2. The van der Waals surface area contributed by atoms with Crippen molar-refractivity contribution in [1.82, 2.24) is 10.2 Å². The molecule has 0 saturated carbocycles. The van der Waals surface area contributed by atoms with Crippen LogP contribution < -0.4 is 5.32 Å². The fraction of sp³-hybridized carbons (Fsp3) is 0.391. The summed E-state index contributed by atoms with van der Waals surface area (Å²) < 4.78 is 14.2. The highest BCUT2D eigenvalue weighted by atomic mass is 35.5. The van der Waals surface area contributed by atoms with Gasteiger partial charge in [0.15, 0.2) is 0 Å². The Kier molecular flexibility index (Phi) is 9.66. The van der Waals surface area contributed by atoms with Gasteiger partial charge in [-0.25, -0.2) is 4.39 Å². The Balaban J connectivity index is 2.00. The molecule has 2 rings (SSSR count). The smallest absolute Gasteiger partial charge is 0.242 e. The van der Waals surface area contributed by atoms with Crippen LogP contribution in [0.5, 0.6) is 0 Å². The van der Waals surface area contributed by atoms with Crippen molar-refractivity contribution in [2.45, 2.75) is 57.1 Å². The summed E-state index contributed by atoms with van der Waals surface area (Å²) in [5.41, 5.74) is 0.394. The number of amides is 2. The average Bonchev–Trinajstić information content (AvgIpc) is 2.70. The molecule has 30 heavy (non-hydrogen) atoms. The molecule has 0 heterocycles. The lowest BCUT2D eigenvalue weighted by atomic mass is 10.1. The molecule has 0 radical (unpaired) electrons. The number of thioether (sulfide) groups is 1. The van der Waals surface area contributed by atoms with Gasteiger partial charge >= 0.3 is 0 Å². The van der Waals surface area contributed by atoms with Crippen LogP contribution in [0.3, 0.4) is 0 Å². The molecule has 0 aliphatic rings. The highest BCUT2D eigenvalue weighted by Gasteiger charge is 2.26. The molecule has 0 aromatic heterocycles. The van der Waals surface area contributed by atoms with E-state index < -0.39 is 6.04 Å². The number of benzene rings is 2. The van der Waals surface area contributed by atoms with Crippen molar-refractivity contribution < 1.29 is 14.0 Å². The van der Waals surface area contributed by atoms with Gasteiger partial charge in [-0.2, -0.15) is 0 Å².